The molecule has 0 atom stereocenters. The van der Waals surface area contributed by atoms with Crippen LogP contribution in [0.5, 0.6) is 0 Å². The highest BCUT2D eigenvalue weighted by atomic mass is 35.5. The largest absolute Gasteiger partial charge is 0.361 e. The number of anilines is 1. The zero-order chi connectivity index (χ0) is 16.1. The highest BCUT2D eigenvalue weighted by Gasteiger charge is 2.12. The Labute approximate surface area is 132 Å². The minimum atomic E-state index is -0.561. The third-order valence-corrected chi connectivity index (χ3v) is 3.28. The standard InChI is InChI=1S/C16H13ClN2O3/c1-11-2-4-12(5-3-11)16(20)8-9-18-13-6-7-14(17)15(10-13)19(21)22/h2-10,18H,1H3/b9-8+. The molecule has 5 nitrogen and oxygen atoms in total. The van der Waals surface area contributed by atoms with Gasteiger partial charge in [-0.3, -0.25) is 14.9 Å². The van der Waals surface area contributed by atoms with Gasteiger partial charge in [0.2, 0.25) is 0 Å². The highest BCUT2D eigenvalue weighted by Crippen LogP contribution is 2.27. The monoisotopic (exact) mass is 316 g/mol. The summed E-state index contributed by atoms with van der Waals surface area (Å²) in [5.41, 5.74) is 1.94. The highest BCUT2D eigenvalue weighted by molar-refractivity contribution is 6.32. The van der Waals surface area contributed by atoms with Crippen LogP contribution >= 0.6 is 11.6 Å². The number of carbonyl (C=O) groups excluding carboxylic acids is 1. The first-order chi connectivity index (χ1) is 10.5. The van der Waals surface area contributed by atoms with Crippen LogP contribution in [0.4, 0.5) is 11.4 Å². The molecule has 0 saturated carbocycles. The number of ketones is 1. The molecule has 0 unspecified atom stereocenters. The van der Waals surface area contributed by atoms with Crippen molar-refractivity contribution < 1.29 is 9.72 Å². The molecule has 0 aromatic heterocycles. The Balaban J connectivity index is 2.06. The SMILES string of the molecule is Cc1ccc(C(=O)/C=C/Nc2ccc(Cl)c([N+](=O)[O-])c2)cc1. The predicted molar refractivity (Wildman–Crippen MR) is 86.4 cm³/mol. The fourth-order valence-electron chi connectivity index (χ4n) is 1.77. The molecule has 2 rings (SSSR count). The lowest BCUT2D eigenvalue weighted by Gasteiger charge is -2.02. The van der Waals surface area contributed by atoms with Crippen molar-refractivity contribution >= 4 is 28.8 Å². The number of nitro groups is 1. The second-order valence-corrected chi connectivity index (χ2v) is 5.04. The van der Waals surface area contributed by atoms with Gasteiger partial charge in [-0.1, -0.05) is 41.4 Å². The number of allylic oxidation sites excluding steroid dienone is 1. The molecule has 0 aliphatic carbocycles. The van der Waals surface area contributed by atoms with Crippen molar-refractivity contribution in [2.45, 2.75) is 6.92 Å². The van der Waals surface area contributed by atoms with E-state index in [1.54, 1.807) is 18.2 Å². The molecule has 0 spiro atoms. The molecule has 22 heavy (non-hydrogen) atoms. The maximum atomic E-state index is 11.9. The minimum Gasteiger partial charge on any atom is -0.361 e. The van der Waals surface area contributed by atoms with E-state index in [4.69, 9.17) is 11.6 Å². The summed E-state index contributed by atoms with van der Waals surface area (Å²) in [6, 6.07) is 11.5. The number of rotatable bonds is 5. The van der Waals surface area contributed by atoms with Crippen molar-refractivity contribution in [3.8, 4) is 0 Å². The number of nitro benzene ring substituents is 1. The molecule has 0 bridgehead atoms. The van der Waals surface area contributed by atoms with E-state index >= 15 is 0 Å². The first-order valence-electron chi connectivity index (χ1n) is 6.45. The molecule has 6 heteroatoms. The van der Waals surface area contributed by atoms with Gasteiger partial charge in [0.05, 0.1) is 4.92 Å². The van der Waals surface area contributed by atoms with E-state index in [0.717, 1.165) is 5.56 Å². The molecule has 0 amide bonds. The number of halogens is 1. The maximum Gasteiger partial charge on any atom is 0.289 e. The third-order valence-electron chi connectivity index (χ3n) is 2.96. The number of nitrogens with zero attached hydrogens (tertiary/aromatic N) is 1. The van der Waals surface area contributed by atoms with E-state index in [1.807, 2.05) is 19.1 Å². The van der Waals surface area contributed by atoms with E-state index in [1.165, 1.54) is 24.4 Å². The molecule has 2 aromatic carbocycles. The summed E-state index contributed by atoms with van der Waals surface area (Å²) >= 11 is 5.73. The summed E-state index contributed by atoms with van der Waals surface area (Å²) in [4.78, 5) is 22.1. The summed E-state index contributed by atoms with van der Waals surface area (Å²) in [6.45, 7) is 1.94. The van der Waals surface area contributed by atoms with Gasteiger partial charge < -0.3 is 5.32 Å². The van der Waals surface area contributed by atoms with Crippen molar-refractivity contribution in [3.05, 3.63) is 81.0 Å². The Morgan fingerprint density at radius 1 is 1.23 bits per heavy atom. The molecule has 112 valence electrons. The van der Waals surface area contributed by atoms with Crippen LogP contribution in [0, 0.1) is 17.0 Å². The van der Waals surface area contributed by atoms with Crippen LogP contribution in [0.15, 0.2) is 54.7 Å². The number of aryl methyl sites for hydroxylation is 1. The summed E-state index contributed by atoms with van der Waals surface area (Å²) in [6.07, 6.45) is 2.81. The molecular weight excluding hydrogens is 304 g/mol. The van der Waals surface area contributed by atoms with Gasteiger partial charge in [0, 0.05) is 29.6 Å². The summed E-state index contributed by atoms with van der Waals surface area (Å²) in [5, 5.41) is 13.7. The average Bonchev–Trinajstić information content (AvgIpc) is 2.49. The van der Waals surface area contributed by atoms with Gasteiger partial charge in [-0.25, -0.2) is 0 Å². The van der Waals surface area contributed by atoms with E-state index < -0.39 is 4.92 Å². The maximum absolute atomic E-state index is 11.9. The summed E-state index contributed by atoms with van der Waals surface area (Å²) in [7, 11) is 0. The Kier molecular flexibility index (Phi) is 4.91. The fourth-order valence-corrected chi connectivity index (χ4v) is 1.96. The minimum absolute atomic E-state index is 0.0651. The first-order valence-corrected chi connectivity index (χ1v) is 6.83. The Bertz CT molecular complexity index is 740. The number of nitrogens with one attached hydrogen (secondary N) is 1. The van der Waals surface area contributed by atoms with E-state index in [-0.39, 0.29) is 16.5 Å². The van der Waals surface area contributed by atoms with Crippen molar-refractivity contribution in [1.29, 1.82) is 0 Å². The fraction of sp³-hybridized carbons (Fsp3) is 0.0625. The summed E-state index contributed by atoms with van der Waals surface area (Å²) < 4.78 is 0. The zero-order valence-corrected chi connectivity index (χ0v) is 12.5. The topological polar surface area (TPSA) is 72.2 Å². The van der Waals surface area contributed by atoms with Crippen LogP contribution in [0.1, 0.15) is 15.9 Å². The number of benzene rings is 2. The first kappa shape index (κ1) is 15.7. The van der Waals surface area contributed by atoms with Crippen LogP contribution in [0.3, 0.4) is 0 Å². The lowest BCUT2D eigenvalue weighted by atomic mass is 10.1. The second-order valence-electron chi connectivity index (χ2n) is 4.63. The molecule has 1 N–H and O–H groups in total. The molecule has 0 heterocycles. The molecular formula is C16H13ClN2O3. The smallest absolute Gasteiger partial charge is 0.289 e. The van der Waals surface area contributed by atoms with Gasteiger partial charge in [0.25, 0.3) is 5.69 Å². The molecule has 2 aromatic rings. The number of hydrogen-bond donors (Lipinski definition) is 1. The van der Waals surface area contributed by atoms with E-state index in [2.05, 4.69) is 5.32 Å². The van der Waals surface area contributed by atoms with Crippen molar-refractivity contribution in [1.82, 2.24) is 0 Å². The average molecular weight is 317 g/mol. The van der Waals surface area contributed by atoms with Gasteiger partial charge in [-0.2, -0.15) is 0 Å². The molecule has 0 saturated heterocycles. The number of carbonyl (C=O) groups is 1. The quantitative estimate of drug-likeness (QED) is 0.385. The Morgan fingerprint density at radius 2 is 1.91 bits per heavy atom. The van der Waals surface area contributed by atoms with E-state index in [0.29, 0.717) is 11.3 Å². The van der Waals surface area contributed by atoms with Crippen LogP contribution in [-0.2, 0) is 0 Å². The van der Waals surface area contributed by atoms with Crippen molar-refractivity contribution in [2.24, 2.45) is 0 Å². The molecule has 0 fully saturated rings. The molecule has 0 aliphatic rings. The Morgan fingerprint density at radius 3 is 2.55 bits per heavy atom. The van der Waals surface area contributed by atoms with Crippen LogP contribution in [0.25, 0.3) is 0 Å². The van der Waals surface area contributed by atoms with Gasteiger partial charge in [0.1, 0.15) is 5.02 Å². The van der Waals surface area contributed by atoms with Gasteiger partial charge in [-0.05, 0) is 19.1 Å². The third kappa shape index (κ3) is 3.93. The molecule has 0 aliphatic heterocycles. The van der Waals surface area contributed by atoms with Gasteiger partial charge in [-0.15, -0.1) is 0 Å². The molecule has 0 radical (unpaired) electrons. The van der Waals surface area contributed by atoms with E-state index in [9.17, 15) is 14.9 Å². The van der Waals surface area contributed by atoms with Crippen molar-refractivity contribution in [3.63, 3.8) is 0 Å². The zero-order valence-electron chi connectivity index (χ0n) is 11.7. The lowest BCUT2D eigenvalue weighted by molar-refractivity contribution is -0.384. The van der Waals surface area contributed by atoms with Crippen LogP contribution in [-0.4, -0.2) is 10.7 Å². The summed E-state index contributed by atoms with van der Waals surface area (Å²) in [5.74, 6) is -0.157. The van der Waals surface area contributed by atoms with Crippen molar-refractivity contribution in [2.75, 3.05) is 5.32 Å². The van der Waals surface area contributed by atoms with Crippen LogP contribution in [0.2, 0.25) is 5.02 Å². The van der Waals surface area contributed by atoms with Gasteiger partial charge >= 0.3 is 0 Å². The predicted octanol–water partition coefficient (Wildman–Crippen LogP) is 4.37. The normalized spacial score (nSPS) is 10.6. The Hall–Kier alpha value is -2.66. The van der Waals surface area contributed by atoms with Crippen LogP contribution < -0.4 is 5.32 Å². The van der Waals surface area contributed by atoms with Gasteiger partial charge in [0.15, 0.2) is 5.78 Å². The number of hydrogen-bond acceptors (Lipinski definition) is 4. The lowest BCUT2D eigenvalue weighted by Crippen LogP contribution is -1.97. The second kappa shape index (κ2) is 6.87.